The summed E-state index contributed by atoms with van der Waals surface area (Å²) in [6.45, 7) is 2.21. The largest absolute Gasteiger partial charge is 0.470 e. The summed E-state index contributed by atoms with van der Waals surface area (Å²) in [6.07, 6.45) is 3.16. The van der Waals surface area contributed by atoms with Gasteiger partial charge in [0.2, 0.25) is 15.7 Å². The molecule has 2 fully saturated rings. The van der Waals surface area contributed by atoms with Gasteiger partial charge in [0.15, 0.2) is 0 Å². The van der Waals surface area contributed by atoms with Gasteiger partial charge < -0.3 is 14.4 Å². The van der Waals surface area contributed by atoms with Crippen molar-refractivity contribution in [3.63, 3.8) is 0 Å². The molecule has 10 nitrogen and oxygen atoms in total. The first-order valence-corrected chi connectivity index (χ1v) is 11.3. The minimum Gasteiger partial charge on any atom is -0.470 e. The van der Waals surface area contributed by atoms with Gasteiger partial charge in [-0.25, -0.2) is 18.4 Å². The molecule has 1 aromatic carbocycles. The second-order valence-electron chi connectivity index (χ2n) is 7.14. The normalized spacial score (nSPS) is 19.7. The Balaban J connectivity index is 1.40. The maximum absolute atomic E-state index is 12.8. The Kier molecular flexibility index (Phi) is 6.13. The summed E-state index contributed by atoms with van der Waals surface area (Å²) in [4.78, 5) is 22.6. The molecule has 2 aliphatic rings. The van der Waals surface area contributed by atoms with E-state index in [4.69, 9.17) is 14.7 Å². The number of nitrogens with zero attached hydrogens (tertiary/aromatic N) is 5. The Hall–Kier alpha value is -3.07. The van der Waals surface area contributed by atoms with Crippen LogP contribution in [-0.2, 0) is 14.8 Å². The number of sulfonamides is 1. The van der Waals surface area contributed by atoms with Gasteiger partial charge in [0, 0.05) is 44.0 Å². The molecule has 4 rings (SSSR count). The molecule has 1 aromatic heterocycles. The van der Waals surface area contributed by atoms with E-state index in [0.717, 1.165) is 0 Å². The van der Waals surface area contributed by atoms with E-state index < -0.39 is 10.0 Å². The third-order valence-electron chi connectivity index (χ3n) is 5.19. The zero-order valence-electron chi connectivity index (χ0n) is 16.7. The molecule has 1 atom stereocenters. The number of rotatable bonds is 5. The summed E-state index contributed by atoms with van der Waals surface area (Å²) in [7, 11) is -3.60. The van der Waals surface area contributed by atoms with E-state index in [1.807, 2.05) is 6.07 Å². The Labute approximate surface area is 180 Å². The predicted octanol–water partition coefficient (Wildman–Crippen LogP) is 0.663. The summed E-state index contributed by atoms with van der Waals surface area (Å²) in [5.74, 6) is -0.0527. The lowest BCUT2D eigenvalue weighted by Gasteiger charge is -2.26. The zero-order valence-corrected chi connectivity index (χ0v) is 17.5. The zero-order chi connectivity index (χ0) is 21.8. The van der Waals surface area contributed by atoms with Gasteiger partial charge in [-0.3, -0.25) is 4.79 Å². The van der Waals surface area contributed by atoms with Crippen molar-refractivity contribution in [1.29, 1.82) is 5.26 Å². The lowest BCUT2D eigenvalue weighted by atomic mass is 10.2. The quantitative estimate of drug-likeness (QED) is 0.660. The van der Waals surface area contributed by atoms with E-state index in [9.17, 15) is 13.2 Å². The van der Waals surface area contributed by atoms with Crippen molar-refractivity contribution in [3.8, 4) is 11.9 Å². The van der Waals surface area contributed by atoms with Crippen LogP contribution in [0.15, 0.2) is 41.6 Å². The summed E-state index contributed by atoms with van der Waals surface area (Å²) in [6, 6.07) is 7.91. The van der Waals surface area contributed by atoms with Crippen LogP contribution in [0.4, 0.5) is 0 Å². The summed E-state index contributed by atoms with van der Waals surface area (Å²) in [5, 5.41) is 9.10. The highest BCUT2D eigenvalue weighted by Gasteiger charge is 2.30. The Morgan fingerprint density at radius 2 is 1.84 bits per heavy atom. The van der Waals surface area contributed by atoms with Crippen LogP contribution in [0.3, 0.4) is 0 Å². The van der Waals surface area contributed by atoms with Crippen molar-refractivity contribution in [2.24, 2.45) is 0 Å². The highest BCUT2D eigenvalue weighted by molar-refractivity contribution is 7.89. The number of nitriles is 1. The number of ether oxygens (including phenoxy) is 2. The van der Waals surface area contributed by atoms with Gasteiger partial charge in [0.1, 0.15) is 12.2 Å². The number of amides is 1. The Morgan fingerprint density at radius 1 is 1.13 bits per heavy atom. The SMILES string of the molecule is N#Cc1nccnc1OC1CCN(C(=O)c2ccc(S(=O)(=O)N3CCOCC3)cc2)C1. The lowest BCUT2D eigenvalue weighted by Crippen LogP contribution is -2.40. The molecule has 162 valence electrons. The highest BCUT2D eigenvalue weighted by Crippen LogP contribution is 2.22. The molecule has 2 saturated heterocycles. The molecule has 31 heavy (non-hydrogen) atoms. The molecule has 0 N–H and O–H groups in total. The topological polar surface area (TPSA) is 126 Å². The smallest absolute Gasteiger partial charge is 0.253 e. The first-order valence-electron chi connectivity index (χ1n) is 9.84. The van der Waals surface area contributed by atoms with Crippen molar-refractivity contribution in [1.82, 2.24) is 19.2 Å². The van der Waals surface area contributed by atoms with Crippen molar-refractivity contribution in [3.05, 3.63) is 47.9 Å². The van der Waals surface area contributed by atoms with Crippen molar-refractivity contribution in [2.75, 3.05) is 39.4 Å². The molecule has 0 spiro atoms. The lowest BCUT2D eigenvalue weighted by molar-refractivity contribution is 0.0730. The second kappa shape index (κ2) is 8.97. The molecule has 0 aliphatic carbocycles. The average molecular weight is 443 g/mol. The molecule has 0 saturated carbocycles. The van der Waals surface area contributed by atoms with Gasteiger partial charge in [0.25, 0.3) is 11.8 Å². The standard InChI is InChI=1S/C20H21N5O5S/c21-13-18-19(23-7-6-22-18)30-16-5-8-24(14-16)20(26)15-1-3-17(4-2-15)31(27,28)25-9-11-29-12-10-25/h1-4,6-7,16H,5,8-12,14H2. The van der Waals surface area contributed by atoms with Crippen LogP contribution in [0.5, 0.6) is 5.88 Å². The maximum atomic E-state index is 12.8. The second-order valence-corrected chi connectivity index (χ2v) is 9.08. The minimum absolute atomic E-state index is 0.101. The van der Waals surface area contributed by atoms with Gasteiger partial charge in [-0.05, 0) is 24.3 Å². The fraction of sp³-hybridized carbons (Fsp3) is 0.400. The third-order valence-corrected chi connectivity index (χ3v) is 7.10. The number of hydrogen-bond donors (Lipinski definition) is 0. The first-order chi connectivity index (χ1) is 15.0. The van der Waals surface area contributed by atoms with Gasteiger partial charge in [-0.2, -0.15) is 9.57 Å². The molecule has 1 unspecified atom stereocenters. The van der Waals surface area contributed by atoms with Gasteiger partial charge in [-0.15, -0.1) is 0 Å². The average Bonchev–Trinajstić information content (AvgIpc) is 3.28. The molecular formula is C20H21N5O5S. The van der Waals surface area contributed by atoms with Crippen molar-refractivity contribution >= 4 is 15.9 Å². The third kappa shape index (κ3) is 4.51. The molecule has 1 amide bonds. The number of carbonyl (C=O) groups is 1. The van der Waals surface area contributed by atoms with Crippen molar-refractivity contribution in [2.45, 2.75) is 17.4 Å². The van der Waals surface area contributed by atoms with Gasteiger partial charge >= 0.3 is 0 Å². The Morgan fingerprint density at radius 3 is 2.55 bits per heavy atom. The monoisotopic (exact) mass is 443 g/mol. The number of morpholine rings is 1. The minimum atomic E-state index is -3.60. The van der Waals surface area contributed by atoms with Crippen LogP contribution in [0, 0.1) is 11.3 Å². The molecule has 0 radical (unpaired) electrons. The van der Waals surface area contributed by atoms with Crippen LogP contribution in [0.25, 0.3) is 0 Å². The van der Waals surface area contributed by atoms with Gasteiger partial charge in [-0.1, -0.05) is 0 Å². The molecule has 3 heterocycles. The molecule has 2 aromatic rings. The number of hydrogen-bond acceptors (Lipinski definition) is 8. The summed E-state index contributed by atoms with van der Waals surface area (Å²) >= 11 is 0. The fourth-order valence-corrected chi connectivity index (χ4v) is 4.95. The first kappa shape index (κ1) is 21.2. The summed E-state index contributed by atoms with van der Waals surface area (Å²) < 4.78 is 37.8. The van der Waals surface area contributed by atoms with Crippen LogP contribution >= 0.6 is 0 Å². The fourth-order valence-electron chi connectivity index (χ4n) is 3.54. The van der Waals surface area contributed by atoms with Crippen LogP contribution in [0.2, 0.25) is 0 Å². The maximum Gasteiger partial charge on any atom is 0.253 e. The highest BCUT2D eigenvalue weighted by atomic mass is 32.2. The van der Waals surface area contributed by atoms with E-state index in [0.29, 0.717) is 51.4 Å². The predicted molar refractivity (Wildman–Crippen MR) is 108 cm³/mol. The van der Waals surface area contributed by atoms with Gasteiger partial charge in [0.05, 0.1) is 24.7 Å². The van der Waals surface area contributed by atoms with E-state index >= 15 is 0 Å². The Bertz CT molecular complexity index is 1090. The van der Waals surface area contributed by atoms with Crippen LogP contribution in [0.1, 0.15) is 22.5 Å². The van der Waals surface area contributed by atoms with E-state index in [2.05, 4.69) is 9.97 Å². The van der Waals surface area contributed by atoms with E-state index in [-0.39, 0.29) is 28.5 Å². The molecule has 11 heteroatoms. The van der Waals surface area contributed by atoms with E-state index in [1.165, 1.54) is 41.0 Å². The number of carbonyl (C=O) groups excluding carboxylic acids is 1. The van der Waals surface area contributed by atoms with Crippen molar-refractivity contribution < 1.29 is 22.7 Å². The number of likely N-dealkylation sites (tertiary alicyclic amines) is 1. The summed E-state index contributed by atoms with van der Waals surface area (Å²) in [5.41, 5.74) is 0.503. The molecule has 0 bridgehead atoms. The number of benzene rings is 1. The number of aromatic nitrogens is 2. The van der Waals surface area contributed by atoms with E-state index in [1.54, 1.807) is 4.90 Å². The molecule has 2 aliphatic heterocycles. The molecular weight excluding hydrogens is 422 g/mol. The van der Waals surface area contributed by atoms with Crippen LogP contribution < -0.4 is 4.74 Å². The van der Waals surface area contributed by atoms with Crippen LogP contribution in [-0.4, -0.2) is 79.0 Å².